The molecule has 0 bridgehead atoms. The molecule has 0 radical (unpaired) electrons. The summed E-state index contributed by atoms with van der Waals surface area (Å²) in [5.41, 5.74) is 9.98. The highest BCUT2D eigenvalue weighted by Crippen LogP contribution is 2.37. The molecule has 5 aromatic rings. The number of nitrogens with zero attached hydrogens (tertiary/aromatic N) is 8. The van der Waals surface area contributed by atoms with Gasteiger partial charge in [-0.25, -0.2) is 19.0 Å². The molecule has 1 atom stereocenters. The van der Waals surface area contributed by atoms with Crippen LogP contribution in [0.4, 0.5) is 10.2 Å². The number of benzene rings is 2. The molecule has 0 amide bonds. The van der Waals surface area contributed by atoms with E-state index in [1.54, 1.807) is 30.8 Å². The van der Waals surface area contributed by atoms with Crippen molar-refractivity contribution in [3.05, 3.63) is 60.2 Å². The Balaban J connectivity index is 1.56. The molecule has 0 spiro atoms. The number of rotatable bonds is 5. The summed E-state index contributed by atoms with van der Waals surface area (Å²) in [5.74, 6) is 0.106. The minimum atomic E-state index is -0.950. The Bertz CT molecular complexity index is 1740. The van der Waals surface area contributed by atoms with Gasteiger partial charge in [0, 0.05) is 42.7 Å². The van der Waals surface area contributed by atoms with E-state index >= 15 is 0 Å². The molecule has 10 nitrogen and oxygen atoms in total. The number of nitriles is 1. The zero-order chi connectivity index (χ0) is 27.3. The first-order valence-corrected chi connectivity index (χ1v) is 12.9. The minimum Gasteiger partial charge on any atom is -0.389 e. The lowest BCUT2D eigenvalue weighted by molar-refractivity contribution is 0.0585. The third kappa shape index (κ3) is 4.58. The third-order valence-electron chi connectivity index (χ3n) is 6.97. The van der Waals surface area contributed by atoms with Gasteiger partial charge in [-0.05, 0) is 51.0 Å². The highest BCUT2D eigenvalue weighted by Gasteiger charge is 2.25. The summed E-state index contributed by atoms with van der Waals surface area (Å²) in [5, 5.41) is 28.1. The van der Waals surface area contributed by atoms with Crippen LogP contribution in [0, 0.1) is 17.1 Å². The van der Waals surface area contributed by atoms with Crippen molar-refractivity contribution in [2.24, 2.45) is 5.73 Å². The van der Waals surface area contributed by atoms with Crippen LogP contribution in [0.1, 0.15) is 32.3 Å². The van der Waals surface area contributed by atoms with Gasteiger partial charge in [-0.3, -0.25) is 4.40 Å². The molecule has 11 heteroatoms. The Morgan fingerprint density at radius 2 is 2.03 bits per heavy atom. The van der Waals surface area contributed by atoms with Gasteiger partial charge in [-0.15, -0.1) is 5.10 Å². The lowest BCUT2D eigenvalue weighted by Gasteiger charge is -2.31. The molecule has 3 N–H and O–H groups in total. The van der Waals surface area contributed by atoms with Crippen molar-refractivity contribution in [3.8, 4) is 28.6 Å². The molecule has 2 aromatic carbocycles. The van der Waals surface area contributed by atoms with E-state index in [0.29, 0.717) is 41.3 Å². The zero-order valence-corrected chi connectivity index (χ0v) is 21.7. The molecule has 1 saturated heterocycles. The first-order chi connectivity index (χ1) is 18.7. The molecule has 0 saturated carbocycles. The number of piperidine rings is 1. The van der Waals surface area contributed by atoms with E-state index in [9.17, 15) is 14.8 Å². The second-order valence-electron chi connectivity index (χ2n) is 10.7. The first-order valence-electron chi connectivity index (χ1n) is 12.9. The van der Waals surface area contributed by atoms with Crippen LogP contribution in [0.3, 0.4) is 0 Å². The Morgan fingerprint density at radius 3 is 2.77 bits per heavy atom. The van der Waals surface area contributed by atoms with E-state index in [-0.39, 0.29) is 11.6 Å². The second kappa shape index (κ2) is 9.41. The van der Waals surface area contributed by atoms with E-state index in [1.165, 1.54) is 12.1 Å². The van der Waals surface area contributed by atoms with Gasteiger partial charge in [0.15, 0.2) is 11.5 Å². The number of hydrogen-bond donors (Lipinski definition) is 2. The largest absolute Gasteiger partial charge is 0.389 e. The zero-order valence-electron chi connectivity index (χ0n) is 21.7. The summed E-state index contributed by atoms with van der Waals surface area (Å²) in [6.07, 6.45) is 5.49. The predicted molar refractivity (Wildman–Crippen MR) is 145 cm³/mol. The third-order valence-corrected chi connectivity index (χ3v) is 6.97. The number of hydrogen-bond acceptors (Lipinski definition) is 8. The van der Waals surface area contributed by atoms with Crippen LogP contribution in [0.15, 0.2) is 48.8 Å². The smallest absolute Gasteiger partial charge is 0.181 e. The van der Waals surface area contributed by atoms with Crippen molar-refractivity contribution in [2.75, 3.05) is 18.0 Å². The molecule has 198 valence electrons. The number of aromatic nitrogens is 6. The fourth-order valence-corrected chi connectivity index (χ4v) is 5.22. The lowest BCUT2D eigenvalue weighted by atomic mass is 10.0. The van der Waals surface area contributed by atoms with Gasteiger partial charge < -0.3 is 15.7 Å². The summed E-state index contributed by atoms with van der Waals surface area (Å²) in [7, 11) is 0. The molecule has 39 heavy (non-hydrogen) atoms. The van der Waals surface area contributed by atoms with Crippen molar-refractivity contribution >= 4 is 22.5 Å². The van der Waals surface area contributed by atoms with Gasteiger partial charge in [-0.2, -0.15) is 5.26 Å². The molecule has 1 aliphatic heterocycles. The topological polar surface area (TPSA) is 134 Å². The highest BCUT2D eigenvalue weighted by molar-refractivity contribution is 5.89. The van der Waals surface area contributed by atoms with Gasteiger partial charge >= 0.3 is 0 Å². The van der Waals surface area contributed by atoms with Crippen molar-refractivity contribution in [2.45, 2.75) is 44.9 Å². The van der Waals surface area contributed by atoms with Gasteiger partial charge in [0.2, 0.25) is 0 Å². The monoisotopic (exact) mass is 525 g/mol. The van der Waals surface area contributed by atoms with Crippen LogP contribution >= 0.6 is 0 Å². The van der Waals surface area contributed by atoms with Crippen LogP contribution in [0.5, 0.6) is 0 Å². The SMILES string of the molecule is CC(C)(O)Cn1nnc2cc(-c3c(-c4ccc(C#N)c(F)c4)nc4c(N5CCC[C@@H](N)C5)nccn34)ccc21. The number of nitrogens with two attached hydrogens (primary N) is 1. The predicted octanol–water partition coefficient (Wildman–Crippen LogP) is 3.52. The molecule has 3 aromatic heterocycles. The van der Waals surface area contributed by atoms with Crippen LogP contribution in [-0.2, 0) is 6.54 Å². The maximum absolute atomic E-state index is 14.8. The number of halogens is 1. The minimum absolute atomic E-state index is 0.0291. The van der Waals surface area contributed by atoms with Crippen LogP contribution in [0.2, 0.25) is 0 Å². The molecule has 0 unspecified atom stereocenters. The maximum Gasteiger partial charge on any atom is 0.181 e. The Labute approximate surface area is 224 Å². The van der Waals surface area contributed by atoms with Gasteiger partial charge in [-0.1, -0.05) is 17.3 Å². The van der Waals surface area contributed by atoms with Gasteiger partial charge in [0.05, 0.1) is 34.6 Å². The normalized spacial score (nSPS) is 16.2. The fourth-order valence-electron chi connectivity index (χ4n) is 5.22. The van der Waals surface area contributed by atoms with Crippen LogP contribution in [0.25, 0.3) is 39.2 Å². The average molecular weight is 526 g/mol. The highest BCUT2D eigenvalue weighted by atomic mass is 19.1. The lowest BCUT2D eigenvalue weighted by Crippen LogP contribution is -2.43. The quantitative estimate of drug-likeness (QED) is 0.356. The van der Waals surface area contributed by atoms with Crippen LogP contribution < -0.4 is 10.6 Å². The van der Waals surface area contributed by atoms with E-state index in [0.717, 1.165) is 36.2 Å². The van der Waals surface area contributed by atoms with E-state index < -0.39 is 11.4 Å². The summed E-state index contributed by atoms with van der Waals surface area (Å²) in [6, 6.07) is 12.2. The average Bonchev–Trinajstić information content (AvgIpc) is 3.48. The first kappa shape index (κ1) is 24.9. The number of anilines is 1. The fraction of sp³-hybridized carbons (Fsp3) is 0.321. The summed E-state index contributed by atoms with van der Waals surface area (Å²) < 4.78 is 18.4. The van der Waals surface area contributed by atoms with E-state index in [2.05, 4.69) is 20.2 Å². The van der Waals surface area contributed by atoms with Gasteiger partial charge in [0.1, 0.15) is 17.4 Å². The van der Waals surface area contributed by atoms with Crippen molar-refractivity contribution in [3.63, 3.8) is 0 Å². The van der Waals surface area contributed by atoms with Crippen LogP contribution in [-0.4, -0.2) is 59.2 Å². The standard InChI is InChI=1S/C28H28FN9O/c1-28(2,39)16-38-23-8-7-18(13-22(23)34-35-38)25-24(17-5-6-19(14-30)21(29)12-17)33-27-26(32-9-11-37(25)27)36-10-3-4-20(31)15-36/h5-9,11-13,20,39H,3-4,10,15-16,31H2,1-2H3/t20-/m1/s1. The molecule has 1 fully saturated rings. The summed E-state index contributed by atoms with van der Waals surface area (Å²) in [6.45, 7) is 5.22. The Morgan fingerprint density at radius 1 is 1.21 bits per heavy atom. The maximum atomic E-state index is 14.8. The Kier molecular flexibility index (Phi) is 6.01. The van der Waals surface area contributed by atoms with Crippen molar-refractivity contribution in [1.82, 2.24) is 29.4 Å². The number of fused-ring (bicyclic) bond motifs is 2. The molecule has 4 heterocycles. The second-order valence-corrected chi connectivity index (χ2v) is 10.7. The van der Waals surface area contributed by atoms with Crippen molar-refractivity contribution in [1.29, 1.82) is 5.26 Å². The number of aliphatic hydroxyl groups is 1. The van der Waals surface area contributed by atoms with Gasteiger partial charge in [0.25, 0.3) is 0 Å². The molecule has 1 aliphatic rings. The molecular weight excluding hydrogens is 497 g/mol. The number of imidazole rings is 1. The van der Waals surface area contributed by atoms with E-state index in [1.807, 2.05) is 34.9 Å². The molecule has 6 rings (SSSR count). The van der Waals surface area contributed by atoms with Crippen molar-refractivity contribution < 1.29 is 9.50 Å². The summed E-state index contributed by atoms with van der Waals surface area (Å²) in [4.78, 5) is 11.8. The summed E-state index contributed by atoms with van der Waals surface area (Å²) >= 11 is 0. The molecular formula is C28H28FN9O. The van der Waals surface area contributed by atoms with E-state index in [4.69, 9.17) is 10.7 Å². The molecule has 0 aliphatic carbocycles. The Hall–Kier alpha value is -4.40.